The molecule has 0 N–H and O–H groups in total. The summed E-state index contributed by atoms with van der Waals surface area (Å²) in [5.41, 5.74) is 13.5. The summed E-state index contributed by atoms with van der Waals surface area (Å²) < 4.78 is 43.3. The summed E-state index contributed by atoms with van der Waals surface area (Å²) in [6, 6.07) is 66.3. The van der Waals surface area contributed by atoms with E-state index in [0.29, 0.717) is 28.3 Å². The van der Waals surface area contributed by atoms with E-state index in [9.17, 15) is 0 Å². The summed E-state index contributed by atoms with van der Waals surface area (Å²) in [7, 11) is 0. The first kappa shape index (κ1) is 48.1. The first-order chi connectivity index (χ1) is 34.3. The van der Waals surface area contributed by atoms with Crippen molar-refractivity contribution in [3.8, 4) is 50.7 Å². The van der Waals surface area contributed by atoms with Crippen molar-refractivity contribution in [2.45, 2.75) is 65.7 Å². The number of rotatable bonds is 10. The molecule has 10 aromatic rings. The van der Waals surface area contributed by atoms with Crippen LogP contribution in [0.15, 0.2) is 176 Å². The summed E-state index contributed by atoms with van der Waals surface area (Å²) in [6.45, 7) is 15.6. The standard InChI is InChI=1S/C64H52F2N4O.Pt/c1-40(2)51-20-15-21-52(41(3)4)62(51)44-33-48(37-50(34-44)71-49-27-28-56-55-19-11-12-24-57(55)70(60(56)38-49)61-35-45(29-30-67-61)64(5,6)7)68-39-69(59-26-14-13-25-58(59)68)63-53(42-17-9-8-10-18-42)22-16-23-54(63)43-31-46(65)36-47(66)32-43;/h8-36,40-41H,1-7H3;/q;+2. The third-order valence-corrected chi connectivity index (χ3v) is 13.4. The van der Waals surface area contributed by atoms with Crippen LogP contribution in [-0.2, 0) is 26.5 Å². The van der Waals surface area contributed by atoms with Crippen LogP contribution < -0.4 is 13.9 Å². The van der Waals surface area contributed by atoms with Crippen LogP contribution in [0.2, 0.25) is 0 Å². The van der Waals surface area contributed by atoms with Crippen LogP contribution >= 0.6 is 0 Å². The fourth-order valence-electron chi connectivity index (χ4n) is 10.0. The first-order valence-corrected chi connectivity index (χ1v) is 24.2. The molecule has 0 amide bonds. The van der Waals surface area contributed by atoms with Crippen LogP contribution in [0.3, 0.4) is 0 Å². The van der Waals surface area contributed by atoms with Gasteiger partial charge in [0.15, 0.2) is 0 Å². The van der Waals surface area contributed by atoms with Gasteiger partial charge in [0, 0.05) is 41.4 Å². The molecule has 8 aromatic carbocycles. The molecule has 0 spiro atoms. The molecule has 11 rings (SSSR count). The average molecular weight is 1130 g/mol. The van der Waals surface area contributed by atoms with Gasteiger partial charge in [0.1, 0.15) is 23.1 Å². The van der Waals surface area contributed by atoms with Crippen molar-refractivity contribution in [1.82, 2.24) is 18.7 Å². The van der Waals surface area contributed by atoms with Crippen molar-refractivity contribution < 1.29 is 34.6 Å². The number of pyridine rings is 1. The molecular formula is C64H52F2N4OPt+2. The van der Waals surface area contributed by atoms with E-state index < -0.39 is 11.6 Å². The van der Waals surface area contributed by atoms with Crippen molar-refractivity contribution >= 4 is 50.6 Å². The van der Waals surface area contributed by atoms with Crippen LogP contribution in [0, 0.1) is 23.8 Å². The van der Waals surface area contributed by atoms with Gasteiger partial charge in [-0.1, -0.05) is 156 Å². The molecular weight excluding hydrogens is 1070 g/mol. The maximum Gasteiger partial charge on any atom is 2.00 e. The van der Waals surface area contributed by atoms with Gasteiger partial charge >= 0.3 is 27.1 Å². The van der Waals surface area contributed by atoms with E-state index in [0.717, 1.165) is 73.0 Å². The summed E-state index contributed by atoms with van der Waals surface area (Å²) in [6.07, 6.45) is 1.88. The number of benzene rings is 8. The molecule has 0 unspecified atom stereocenters. The van der Waals surface area contributed by atoms with E-state index >= 15 is 8.78 Å². The van der Waals surface area contributed by atoms with Crippen molar-refractivity contribution in [2.75, 3.05) is 0 Å². The number of halogens is 2. The fourth-order valence-corrected chi connectivity index (χ4v) is 10.0. The molecule has 0 aliphatic carbocycles. The Hall–Kier alpha value is -7.56. The predicted molar refractivity (Wildman–Crippen MR) is 287 cm³/mol. The second-order valence-corrected chi connectivity index (χ2v) is 19.9. The Morgan fingerprint density at radius 1 is 0.583 bits per heavy atom. The maximum absolute atomic E-state index is 15.1. The van der Waals surface area contributed by atoms with Crippen molar-refractivity contribution in [1.29, 1.82) is 0 Å². The molecule has 0 fully saturated rings. The van der Waals surface area contributed by atoms with Gasteiger partial charge in [0.2, 0.25) is 5.69 Å². The molecule has 5 nitrogen and oxygen atoms in total. The number of para-hydroxylation sites is 4. The Balaban J connectivity index is 0.00000596. The zero-order chi connectivity index (χ0) is 49.1. The van der Waals surface area contributed by atoms with E-state index in [1.165, 1.54) is 28.8 Å². The minimum absolute atomic E-state index is 0. The predicted octanol–water partition coefficient (Wildman–Crippen LogP) is 17.2. The Bertz CT molecular complexity index is 3760. The molecule has 0 atom stereocenters. The van der Waals surface area contributed by atoms with E-state index in [1.54, 1.807) is 0 Å². The van der Waals surface area contributed by atoms with Gasteiger partial charge in [0.25, 0.3) is 11.4 Å². The molecule has 1 aliphatic rings. The molecule has 1 aliphatic heterocycles. The van der Waals surface area contributed by atoms with Crippen molar-refractivity contribution in [2.24, 2.45) is 0 Å². The van der Waals surface area contributed by atoms with Gasteiger partial charge in [-0.05, 0) is 103 Å². The summed E-state index contributed by atoms with van der Waals surface area (Å²) >= 11 is 0. The van der Waals surface area contributed by atoms with E-state index in [-0.39, 0.29) is 38.3 Å². The minimum atomic E-state index is -0.655. The second kappa shape index (κ2) is 19.2. The SMILES string of the molecule is CC(C)c1cccc(C(C)C)c1-c1cc(Oc2[c-]c3c(cc2)c2ccccc2n3-c2cc(C(C)(C)C)ccn2)[c-]c([N+]2=C=[N+](c3c(-c4ccccc4)cccc3-c3cc(F)cc(F)c3)c3ccccc32)c1.[Pt+2]. The monoisotopic (exact) mass is 1130 g/mol. The summed E-state index contributed by atoms with van der Waals surface area (Å²) in [5, 5.41) is 2.13. The van der Waals surface area contributed by atoms with E-state index in [1.807, 2.05) is 88.1 Å². The van der Waals surface area contributed by atoms with Crippen LogP contribution in [-0.4, -0.2) is 15.6 Å². The van der Waals surface area contributed by atoms with Crippen molar-refractivity contribution in [3.05, 3.63) is 217 Å². The first-order valence-electron chi connectivity index (χ1n) is 24.2. The number of ether oxygens (including phenoxy) is 1. The molecule has 3 heterocycles. The minimum Gasteiger partial charge on any atom is -0.509 e. The Labute approximate surface area is 434 Å². The normalized spacial score (nSPS) is 12.3. The van der Waals surface area contributed by atoms with Gasteiger partial charge in [-0.15, -0.1) is 29.1 Å². The zero-order valence-electron chi connectivity index (χ0n) is 41.2. The van der Waals surface area contributed by atoms with Gasteiger partial charge < -0.3 is 9.30 Å². The largest absolute Gasteiger partial charge is 2.00 e. The third-order valence-electron chi connectivity index (χ3n) is 13.4. The molecule has 2 aromatic heterocycles. The van der Waals surface area contributed by atoms with Crippen LogP contribution in [0.25, 0.3) is 61.0 Å². The smallest absolute Gasteiger partial charge is 0.509 e. The third kappa shape index (κ3) is 8.82. The van der Waals surface area contributed by atoms with Gasteiger partial charge in [0.05, 0.1) is 11.1 Å². The average Bonchev–Trinajstić information content (AvgIpc) is 3.91. The van der Waals surface area contributed by atoms with Crippen LogP contribution in [0.1, 0.15) is 77.0 Å². The number of aromatic nitrogens is 2. The molecule has 0 bridgehead atoms. The topological polar surface area (TPSA) is 33.1 Å². The van der Waals surface area contributed by atoms with Crippen LogP contribution in [0.4, 0.5) is 31.5 Å². The number of nitrogens with zero attached hydrogens (tertiary/aromatic N) is 4. The Morgan fingerprint density at radius 3 is 1.92 bits per heavy atom. The molecule has 0 saturated carbocycles. The quantitative estimate of drug-likeness (QED) is 0.101. The second-order valence-electron chi connectivity index (χ2n) is 19.9. The van der Waals surface area contributed by atoms with E-state index in [4.69, 9.17) is 9.72 Å². The zero-order valence-corrected chi connectivity index (χ0v) is 43.4. The van der Waals surface area contributed by atoms with E-state index in [2.05, 4.69) is 150 Å². The Kier molecular flexibility index (Phi) is 12.8. The maximum atomic E-state index is 15.1. The number of hydrogen-bond acceptors (Lipinski definition) is 2. The van der Waals surface area contributed by atoms with Gasteiger partial charge in [-0.3, -0.25) is 0 Å². The fraction of sp³-hybridized carbons (Fsp3) is 0.156. The molecule has 0 saturated heterocycles. The van der Waals surface area contributed by atoms with Gasteiger partial charge in [-0.2, -0.15) is 6.07 Å². The summed E-state index contributed by atoms with van der Waals surface area (Å²) in [5.74, 6) is 0.971. The molecule has 0 radical (unpaired) electrons. The Morgan fingerprint density at radius 2 is 1.22 bits per heavy atom. The number of fused-ring (bicyclic) bond motifs is 4. The number of hydrogen-bond donors (Lipinski definition) is 0. The molecule has 8 heteroatoms. The van der Waals surface area contributed by atoms with Gasteiger partial charge in [-0.25, -0.2) is 13.8 Å². The van der Waals surface area contributed by atoms with Crippen molar-refractivity contribution in [3.63, 3.8) is 0 Å². The molecule has 72 heavy (non-hydrogen) atoms. The summed E-state index contributed by atoms with van der Waals surface area (Å²) in [4.78, 5) is 4.90. The molecule has 356 valence electrons. The van der Waals surface area contributed by atoms with Crippen LogP contribution in [0.5, 0.6) is 11.5 Å².